The normalized spacial score (nSPS) is 11.9. The number of benzene rings is 2. The number of carboxylic acid groups (broad SMARTS) is 1. The fourth-order valence-corrected chi connectivity index (χ4v) is 3.19. The number of halogens is 6. The highest BCUT2D eigenvalue weighted by Gasteiger charge is 2.38. The number of alkyl halides is 6. The Bertz CT molecular complexity index is 1220. The number of anilines is 2. The van der Waals surface area contributed by atoms with Crippen LogP contribution >= 0.6 is 0 Å². The van der Waals surface area contributed by atoms with Gasteiger partial charge in [0.05, 0.1) is 18.2 Å². The largest absolute Gasteiger partial charge is 0.490 e. The topological polar surface area (TPSA) is 158 Å². The molecule has 0 spiro atoms. The van der Waals surface area contributed by atoms with Crippen molar-refractivity contribution < 1.29 is 50.6 Å². The smallest absolute Gasteiger partial charge is 0.475 e. The summed E-state index contributed by atoms with van der Waals surface area (Å²) in [6.45, 7) is 2.09. The van der Waals surface area contributed by atoms with Crippen LogP contribution in [0.2, 0.25) is 0 Å². The van der Waals surface area contributed by atoms with Crippen LogP contribution in [0.25, 0.3) is 0 Å². The fourth-order valence-electron chi connectivity index (χ4n) is 3.19. The Morgan fingerprint density at radius 3 is 2.07 bits per heavy atom. The molecule has 0 aliphatic rings. The molecule has 0 saturated heterocycles. The number of ether oxygens (including phenoxy) is 1. The number of hydrogen-bond donors (Lipinski definition) is 5. The number of nitrogens with two attached hydrogens (primary N) is 1. The third-order valence-electron chi connectivity index (χ3n) is 5.29. The zero-order chi connectivity index (χ0) is 31.5. The molecule has 0 fully saturated rings. The second-order valence-electron chi connectivity index (χ2n) is 8.50. The number of carbonyl (C=O) groups is 3. The van der Waals surface area contributed by atoms with Gasteiger partial charge in [-0.2, -0.15) is 26.3 Å². The van der Waals surface area contributed by atoms with Crippen molar-refractivity contribution in [3.8, 4) is 0 Å². The maximum Gasteiger partial charge on any atom is 0.490 e. The highest BCUT2D eigenvalue weighted by atomic mass is 19.4. The molecule has 0 bridgehead atoms. The van der Waals surface area contributed by atoms with Gasteiger partial charge in [0, 0.05) is 37.6 Å². The summed E-state index contributed by atoms with van der Waals surface area (Å²) < 4.78 is 77.7. The Morgan fingerprint density at radius 2 is 1.61 bits per heavy atom. The summed E-state index contributed by atoms with van der Waals surface area (Å²) >= 11 is 0. The molecule has 1 atom stereocenters. The number of carboxylic acids is 1. The van der Waals surface area contributed by atoms with Crippen LogP contribution in [-0.2, 0) is 25.3 Å². The first kappa shape index (κ1) is 34.7. The number of nitrogens with one attached hydrogen (secondary N) is 3. The molecule has 0 radical (unpaired) electrons. The molecule has 2 aromatic rings. The number of hydrogen-bond acceptors (Lipinski definition) is 6. The van der Waals surface area contributed by atoms with E-state index in [0.717, 1.165) is 6.07 Å². The molecule has 0 heterocycles. The van der Waals surface area contributed by atoms with E-state index in [4.69, 9.17) is 25.8 Å². The number of amidine groups is 1. The maximum absolute atomic E-state index is 13.7. The van der Waals surface area contributed by atoms with E-state index in [1.165, 1.54) is 24.1 Å². The second kappa shape index (κ2) is 14.9. The summed E-state index contributed by atoms with van der Waals surface area (Å²) in [5, 5.41) is 19.6. The van der Waals surface area contributed by atoms with Gasteiger partial charge in [-0.25, -0.2) is 4.79 Å². The van der Waals surface area contributed by atoms with E-state index in [9.17, 15) is 35.9 Å². The van der Waals surface area contributed by atoms with E-state index in [1.807, 2.05) is 0 Å². The highest BCUT2D eigenvalue weighted by Crippen LogP contribution is 2.38. The Balaban J connectivity index is 0.00000106. The third-order valence-corrected chi connectivity index (χ3v) is 5.29. The first-order chi connectivity index (χ1) is 18.9. The molecule has 41 heavy (non-hydrogen) atoms. The Kier molecular flexibility index (Phi) is 12.6. The number of nitrogen functional groups attached to an aromatic ring is 1. The molecule has 2 aromatic carbocycles. The average molecular weight is 594 g/mol. The molecule has 16 heteroatoms. The van der Waals surface area contributed by atoms with E-state index in [-0.39, 0.29) is 30.2 Å². The SMILES string of the molecule is COCCN(C)c1ccc(C(C)NC(=O)CC(=O)Nc2ccc(C(=N)N)cc2)cc1C(F)(F)F.O=C(O)C(F)(F)F. The summed E-state index contributed by atoms with van der Waals surface area (Å²) in [6, 6.07) is 9.29. The second-order valence-corrected chi connectivity index (χ2v) is 8.50. The van der Waals surface area contributed by atoms with Gasteiger partial charge in [0.25, 0.3) is 0 Å². The molecule has 0 aromatic heterocycles. The molecule has 0 aliphatic carbocycles. The number of likely N-dealkylation sites (N-methyl/N-ethyl adjacent to an activating group) is 1. The predicted molar refractivity (Wildman–Crippen MR) is 138 cm³/mol. The molecule has 10 nitrogen and oxygen atoms in total. The fraction of sp³-hybridized carbons (Fsp3) is 0.360. The molecule has 1 unspecified atom stereocenters. The van der Waals surface area contributed by atoms with Crippen LogP contribution in [0.5, 0.6) is 0 Å². The first-order valence-corrected chi connectivity index (χ1v) is 11.6. The number of nitrogens with zero attached hydrogens (tertiary/aromatic N) is 1. The molecule has 226 valence electrons. The standard InChI is InChI=1S/C23H28F3N5O3.C2HF3O2/c1-14(16-6-9-19(31(2)10-11-34-3)18(12-16)23(24,25)26)29-20(32)13-21(33)30-17-7-4-15(5-8-17)22(27)28;3-2(4,5)1(6)7/h4-9,12,14H,10-11,13H2,1-3H3,(H3,27,28)(H,29,32)(H,30,33);(H,6,7). The zero-order valence-corrected chi connectivity index (χ0v) is 22.1. The number of amides is 2. The Labute approximate surface area is 231 Å². The lowest BCUT2D eigenvalue weighted by Crippen LogP contribution is -2.31. The van der Waals surface area contributed by atoms with Crippen molar-refractivity contribution in [1.82, 2.24) is 5.32 Å². The molecular weight excluding hydrogens is 564 g/mol. The van der Waals surface area contributed by atoms with Crippen molar-refractivity contribution in [2.24, 2.45) is 5.73 Å². The van der Waals surface area contributed by atoms with Crippen molar-refractivity contribution in [3.05, 3.63) is 59.2 Å². The summed E-state index contributed by atoms with van der Waals surface area (Å²) in [4.78, 5) is 34.8. The van der Waals surface area contributed by atoms with Crippen molar-refractivity contribution in [2.45, 2.75) is 31.7 Å². The molecule has 0 aliphatic heterocycles. The van der Waals surface area contributed by atoms with Gasteiger partial charge in [-0.15, -0.1) is 0 Å². The molecule has 0 saturated carbocycles. The number of carbonyl (C=O) groups excluding carboxylic acids is 2. The van der Waals surface area contributed by atoms with E-state index < -0.39 is 48.2 Å². The van der Waals surface area contributed by atoms with E-state index >= 15 is 0 Å². The average Bonchev–Trinajstić information content (AvgIpc) is 2.86. The van der Waals surface area contributed by atoms with Crippen molar-refractivity contribution in [2.75, 3.05) is 37.5 Å². The minimum atomic E-state index is -5.08. The van der Waals surface area contributed by atoms with Gasteiger partial charge in [-0.1, -0.05) is 6.07 Å². The quantitative estimate of drug-likeness (QED) is 0.121. The molecule has 2 amide bonds. The minimum absolute atomic E-state index is 0.00185. The van der Waals surface area contributed by atoms with Crippen LogP contribution in [0.3, 0.4) is 0 Å². The van der Waals surface area contributed by atoms with Crippen molar-refractivity contribution in [1.29, 1.82) is 5.41 Å². The van der Waals surface area contributed by atoms with Gasteiger partial charge >= 0.3 is 18.3 Å². The summed E-state index contributed by atoms with van der Waals surface area (Å²) in [7, 11) is 3.01. The Hall–Kier alpha value is -4.34. The Morgan fingerprint density at radius 1 is 1.05 bits per heavy atom. The summed E-state index contributed by atoms with van der Waals surface area (Å²) in [5.41, 5.74) is 5.71. The monoisotopic (exact) mass is 593 g/mol. The van der Waals surface area contributed by atoms with Crippen LogP contribution in [0, 0.1) is 5.41 Å². The van der Waals surface area contributed by atoms with Crippen LogP contribution in [0.4, 0.5) is 37.7 Å². The summed E-state index contributed by atoms with van der Waals surface area (Å²) in [5.74, 6) is -4.10. The van der Waals surface area contributed by atoms with Gasteiger partial charge in [0.2, 0.25) is 11.8 Å². The third kappa shape index (κ3) is 11.7. The van der Waals surface area contributed by atoms with Crippen molar-refractivity contribution in [3.63, 3.8) is 0 Å². The number of methoxy groups -OCH3 is 1. The first-order valence-electron chi connectivity index (χ1n) is 11.6. The van der Waals surface area contributed by atoms with E-state index in [1.54, 1.807) is 38.2 Å². The van der Waals surface area contributed by atoms with Crippen LogP contribution in [-0.4, -0.2) is 62.2 Å². The molecular formula is C25H29F6N5O5. The van der Waals surface area contributed by atoms with Crippen LogP contribution < -0.4 is 21.3 Å². The minimum Gasteiger partial charge on any atom is -0.475 e. The predicted octanol–water partition coefficient (Wildman–Crippen LogP) is 3.91. The zero-order valence-electron chi connectivity index (χ0n) is 22.1. The van der Waals surface area contributed by atoms with Gasteiger partial charge in [-0.05, 0) is 48.9 Å². The number of aliphatic carboxylic acids is 1. The molecule has 2 rings (SSSR count). The lowest BCUT2D eigenvalue weighted by Gasteiger charge is -2.25. The summed E-state index contributed by atoms with van der Waals surface area (Å²) in [6.07, 6.45) is -10.2. The maximum atomic E-state index is 13.7. The van der Waals surface area contributed by atoms with Gasteiger partial charge in [0.15, 0.2) is 0 Å². The lowest BCUT2D eigenvalue weighted by atomic mass is 10.0. The molecule has 6 N–H and O–H groups in total. The lowest BCUT2D eigenvalue weighted by molar-refractivity contribution is -0.192. The highest BCUT2D eigenvalue weighted by molar-refractivity contribution is 6.04. The van der Waals surface area contributed by atoms with E-state index in [0.29, 0.717) is 11.3 Å². The van der Waals surface area contributed by atoms with E-state index in [2.05, 4.69) is 10.6 Å². The van der Waals surface area contributed by atoms with Gasteiger partial charge in [0.1, 0.15) is 12.3 Å². The number of rotatable bonds is 10. The van der Waals surface area contributed by atoms with Crippen molar-refractivity contribution >= 4 is 35.0 Å². The van der Waals surface area contributed by atoms with Gasteiger partial charge in [-0.3, -0.25) is 15.0 Å². The van der Waals surface area contributed by atoms with Crippen LogP contribution in [0.1, 0.15) is 36.1 Å². The van der Waals surface area contributed by atoms with Crippen LogP contribution in [0.15, 0.2) is 42.5 Å². The van der Waals surface area contributed by atoms with Gasteiger partial charge < -0.3 is 31.1 Å².